The van der Waals surface area contributed by atoms with E-state index in [4.69, 9.17) is 9.47 Å². The summed E-state index contributed by atoms with van der Waals surface area (Å²) in [6.45, 7) is 5.32. The summed E-state index contributed by atoms with van der Waals surface area (Å²) in [7, 11) is 0. The van der Waals surface area contributed by atoms with Crippen LogP contribution >= 0.6 is 0 Å². The van der Waals surface area contributed by atoms with Gasteiger partial charge in [0.05, 0.1) is 6.10 Å². The Morgan fingerprint density at radius 3 is 2.65 bits per heavy atom. The SMILES string of the molecule is CCOC(C)COc1cccc2ccccc12. The van der Waals surface area contributed by atoms with Gasteiger partial charge in [0.25, 0.3) is 0 Å². The molecule has 2 heteroatoms. The van der Waals surface area contributed by atoms with Crippen molar-refractivity contribution in [3.05, 3.63) is 42.5 Å². The van der Waals surface area contributed by atoms with E-state index in [2.05, 4.69) is 18.2 Å². The predicted octanol–water partition coefficient (Wildman–Crippen LogP) is 3.64. The van der Waals surface area contributed by atoms with Crippen LogP contribution in [0.5, 0.6) is 5.75 Å². The van der Waals surface area contributed by atoms with Crippen molar-refractivity contribution in [1.29, 1.82) is 0 Å². The van der Waals surface area contributed by atoms with E-state index in [9.17, 15) is 0 Å². The van der Waals surface area contributed by atoms with Crippen LogP contribution in [0.1, 0.15) is 13.8 Å². The van der Waals surface area contributed by atoms with Gasteiger partial charge < -0.3 is 9.47 Å². The van der Waals surface area contributed by atoms with Crippen molar-refractivity contribution in [3.63, 3.8) is 0 Å². The molecule has 0 amide bonds. The van der Waals surface area contributed by atoms with Crippen LogP contribution in [0.4, 0.5) is 0 Å². The molecule has 17 heavy (non-hydrogen) atoms. The molecule has 2 rings (SSSR count). The third-order valence-corrected chi connectivity index (χ3v) is 2.67. The van der Waals surface area contributed by atoms with Gasteiger partial charge in [-0.2, -0.15) is 0 Å². The lowest BCUT2D eigenvalue weighted by Gasteiger charge is -2.14. The molecule has 0 saturated carbocycles. The summed E-state index contributed by atoms with van der Waals surface area (Å²) in [6, 6.07) is 14.3. The molecule has 0 saturated heterocycles. The first kappa shape index (κ1) is 11.9. The van der Waals surface area contributed by atoms with E-state index in [1.807, 2.05) is 38.1 Å². The Morgan fingerprint density at radius 1 is 1.06 bits per heavy atom. The van der Waals surface area contributed by atoms with Gasteiger partial charge in [-0.25, -0.2) is 0 Å². The monoisotopic (exact) mass is 230 g/mol. The standard InChI is InChI=1S/C15H18O2/c1-3-16-12(2)11-17-15-10-6-8-13-7-4-5-9-14(13)15/h4-10,12H,3,11H2,1-2H3. The Kier molecular flexibility index (Phi) is 3.99. The van der Waals surface area contributed by atoms with Gasteiger partial charge in [-0.3, -0.25) is 0 Å². The first-order valence-corrected chi connectivity index (χ1v) is 6.03. The average Bonchev–Trinajstić information content (AvgIpc) is 2.36. The predicted molar refractivity (Wildman–Crippen MR) is 70.5 cm³/mol. The second kappa shape index (κ2) is 5.69. The maximum atomic E-state index is 5.81. The molecular weight excluding hydrogens is 212 g/mol. The maximum Gasteiger partial charge on any atom is 0.127 e. The van der Waals surface area contributed by atoms with E-state index < -0.39 is 0 Å². The quantitative estimate of drug-likeness (QED) is 0.780. The molecule has 2 aromatic carbocycles. The van der Waals surface area contributed by atoms with Gasteiger partial charge in [-0.1, -0.05) is 36.4 Å². The molecule has 0 aliphatic rings. The molecule has 1 atom stereocenters. The van der Waals surface area contributed by atoms with Crippen molar-refractivity contribution >= 4 is 10.8 Å². The molecule has 1 unspecified atom stereocenters. The van der Waals surface area contributed by atoms with Gasteiger partial charge in [0.15, 0.2) is 0 Å². The van der Waals surface area contributed by atoms with Gasteiger partial charge >= 0.3 is 0 Å². The van der Waals surface area contributed by atoms with Gasteiger partial charge in [-0.15, -0.1) is 0 Å². The first-order valence-electron chi connectivity index (χ1n) is 6.03. The minimum Gasteiger partial charge on any atom is -0.490 e. The maximum absolute atomic E-state index is 5.81. The molecule has 0 bridgehead atoms. The van der Waals surface area contributed by atoms with Crippen LogP contribution in [0.2, 0.25) is 0 Å². The zero-order chi connectivity index (χ0) is 12.1. The van der Waals surface area contributed by atoms with Crippen molar-refractivity contribution in [3.8, 4) is 5.75 Å². The summed E-state index contributed by atoms with van der Waals surface area (Å²) in [4.78, 5) is 0. The second-order valence-electron chi connectivity index (χ2n) is 4.05. The van der Waals surface area contributed by atoms with E-state index in [1.54, 1.807) is 0 Å². The summed E-state index contributed by atoms with van der Waals surface area (Å²) in [5.74, 6) is 0.926. The van der Waals surface area contributed by atoms with E-state index in [0.717, 1.165) is 17.7 Å². The molecular formula is C15H18O2. The first-order chi connectivity index (χ1) is 8.31. The molecule has 2 aromatic rings. The molecule has 0 aliphatic heterocycles. The Balaban J connectivity index is 2.13. The van der Waals surface area contributed by atoms with Crippen LogP contribution in [0.25, 0.3) is 10.8 Å². The number of rotatable bonds is 5. The van der Waals surface area contributed by atoms with E-state index >= 15 is 0 Å². The normalized spacial score (nSPS) is 12.6. The molecule has 0 fully saturated rings. The van der Waals surface area contributed by atoms with Crippen molar-refractivity contribution in [2.45, 2.75) is 20.0 Å². The molecule has 0 radical (unpaired) electrons. The smallest absolute Gasteiger partial charge is 0.127 e. The topological polar surface area (TPSA) is 18.5 Å². The molecule has 0 spiro atoms. The summed E-state index contributed by atoms with van der Waals surface area (Å²) < 4.78 is 11.3. The summed E-state index contributed by atoms with van der Waals surface area (Å²) in [5.41, 5.74) is 0. The Morgan fingerprint density at radius 2 is 1.82 bits per heavy atom. The molecule has 0 N–H and O–H groups in total. The van der Waals surface area contributed by atoms with Gasteiger partial charge in [0.1, 0.15) is 12.4 Å². The average molecular weight is 230 g/mol. The Labute approximate surface area is 102 Å². The number of benzene rings is 2. The molecule has 0 aliphatic carbocycles. The number of hydrogen-bond donors (Lipinski definition) is 0. The van der Waals surface area contributed by atoms with Crippen molar-refractivity contribution < 1.29 is 9.47 Å². The third kappa shape index (κ3) is 2.98. The van der Waals surface area contributed by atoms with E-state index in [1.165, 1.54) is 5.39 Å². The van der Waals surface area contributed by atoms with Crippen LogP contribution in [0.15, 0.2) is 42.5 Å². The Bertz CT molecular complexity index is 474. The lowest BCUT2D eigenvalue weighted by atomic mass is 10.1. The fourth-order valence-corrected chi connectivity index (χ4v) is 1.86. The lowest BCUT2D eigenvalue weighted by Crippen LogP contribution is -2.17. The second-order valence-corrected chi connectivity index (χ2v) is 4.05. The lowest BCUT2D eigenvalue weighted by molar-refractivity contribution is 0.0406. The number of ether oxygens (including phenoxy) is 2. The van der Waals surface area contributed by atoms with Crippen LogP contribution in [0, 0.1) is 0 Å². The minimum absolute atomic E-state index is 0.124. The van der Waals surface area contributed by atoms with Crippen LogP contribution < -0.4 is 4.74 Å². The highest BCUT2D eigenvalue weighted by molar-refractivity contribution is 5.88. The highest BCUT2D eigenvalue weighted by atomic mass is 16.5. The molecule has 2 nitrogen and oxygen atoms in total. The zero-order valence-corrected chi connectivity index (χ0v) is 10.3. The highest BCUT2D eigenvalue weighted by Gasteiger charge is 2.04. The molecule has 90 valence electrons. The zero-order valence-electron chi connectivity index (χ0n) is 10.3. The number of fused-ring (bicyclic) bond motifs is 1. The van der Waals surface area contributed by atoms with Crippen molar-refractivity contribution in [2.24, 2.45) is 0 Å². The molecule has 0 heterocycles. The summed E-state index contributed by atoms with van der Waals surface area (Å²) in [6.07, 6.45) is 0.124. The number of hydrogen-bond acceptors (Lipinski definition) is 2. The van der Waals surface area contributed by atoms with Gasteiger partial charge in [0, 0.05) is 12.0 Å². The van der Waals surface area contributed by atoms with E-state index in [0.29, 0.717) is 6.61 Å². The van der Waals surface area contributed by atoms with E-state index in [-0.39, 0.29) is 6.10 Å². The summed E-state index contributed by atoms with van der Waals surface area (Å²) in [5, 5.41) is 2.35. The van der Waals surface area contributed by atoms with Gasteiger partial charge in [-0.05, 0) is 25.3 Å². The fraction of sp³-hybridized carbons (Fsp3) is 0.333. The van der Waals surface area contributed by atoms with Crippen LogP contribution in [-0.2, 0) is 4.74 Å². The van der Waals surface area contributed by atoms with Crippen molar-refractivity contribution in [1.82, 2.24) is 0 Å². The van der Waals surface area contributed by atoms with Crippen LogP contribution in [0.3, 0.4) is 0 Å². The largest absolute Gasteiger partial charge is 0.490 e. The minimum atomic E-state index is 0.124. The van der Waals surface area contributed by atoms with Crippen LogP contribution in [-0.4, -0.2) is 19.3 Å². The van der Waals surface area contributed by atoms with Gasteiger partial charge in [0.2, 0.25) is 0 Å². The Hall–Kier alpha value is -1.54. The third-order valence-electron chi connectivity index (χ3n) is 2.67. The van der Waals surface area contributed by atoms with Crippen molar-refractivity contribution in [2.75, 3.05) is 13.2 Å². The summed E-state index contributed by atoms with van der Waals surface area (Å²) >= 11 is 0. The highest BCUT2D eigenvalue weighted by Crippen LogP contribution is 2.25. The fourth-order valence-electron chi connectivity index (χ4n) is 1.86. The molecule has 0 aromatic heterocycles.